The molecule has 2 aromatic carbocycles. The lowest BCUT2D eigenvalue weighted by molar-refractivity contribution is -0.171. The highest BCUT2D eigenvalue weighted by molar-refractivity contribution is 7.83. The Morgan fingerprint density at radius 3 is 2.21 bits per heavy atom. The minimum absolute atomic E-state index is 0.229. The highest BCUT2D eigenvalue weighted by Crippen LogP contribution is 2.54. The largest absolute Gasteiger partial charge is 0.348 e. The number of rotatable bonds is 13. The predicted octanol–water partition coefficient (Wildman–Crippen LogP) is 5.27. The van der Waals surface area contributed by atoms with Crippen LogP contribution in [0, 0.1) is 6.92 Å². The fourth-order valence-corrected chi connectivity index (χ4v) is 7.18. The predicted molar refractivity (Wildman–Crippen MR) is 129 cm³/mol. The molecule has 1 aliphatic heterocycles. The van der Waals surface area contributed by atoms with E-state index in [-0.39, 0.29) is 13.2 Å². The van der Waals surface area contributed by atoms with Gasteiger partial charge in [0.25, 0.3) is 0 Å². The van der Waals surface area contributed by atoms with Crippen LogP contribution in [0.5, 0.6) is 0 Å². The van der Waals surface area contributed by atoms with Gasteiger partial charge >= 0.3 is 7.60 Å². The number of ether oxygens (including phenoxy) is 2. The van der Waals surface area contributed by atoms with Gasteiger partial charge in [-0.25, -0.2) is 8.93 Å². The number of hydrogen-bond acceptors (Lipinski definition) is 6. The first kappa shape index (κ1) is 26.2. The molecule has 0 bridgehead atoms. The first-order valence-electron chi connectivity index (χ1n) is 11.4. The lowest BCUT2D eigenvalue weighted by atomic mass is 9.99. The molecule has 9 heteroatoms. The van der Waals surface area contributed by atoms with Crippen LogP contribution in [0.25, 0.3) is 0 Å². The second kappa shape index (κ2) is 12.4. The normalized spacial score (nSPS) is 17.7. The molecule has 2 aromatic rings. The van der Waals surface area contributed by atoms with Gasteiger partial charge in [-0.2, -0.15) is 0 Å². The van der Waals surface area contributed by atoms with E-state index < -0.39 is 30.2 Å². The molecule has 0 unspecified atom stereocenters. The highest BCUT2D eigenvalue weighted by atomic mass is 32.2. The second-order valence-electron chi connectivity index (χ2n) is 7.80. The van der Waals surface area contributed by atoms with Crippen molar-refractivity contribution in [3.05, 3.63) is 65.7 Å². The van der Waals surface area contributed by atoms with Gasteiger partial charge in [-0.05, 0) is 45.7 Å². The Morgan fingerprint density at radius 2 is 1.64 bits per heavy atom. The summed E-state index contributed by atoms with van der Waals surface area (Å²) in [5.74, 6) is -1.57. The van der Waals surface area contributed by atoms with E-state index in [9.17, 15) is 8.77 Å². The Bertz CT molecular complexity index is 924. The Morgan fingerprint density at radius 1 is 1.03 bits per heavy atom. The second-order valence-corrected chi connectivity index (χ2v) is 11.3. The summed E-state index contributed by atoms with van der Waals surface area (Å²) in [7, 11) is -5.13. The van der Waals surface area contributed by atoms with Crippen molar-refractivity contribution < 1.29 is 27.3 Å². The summed E-state index contributed by atoms with van der Waals surface area (Å²) in [6.45, 7) is 7.00. The summed E-state index contributed by atoms with van der Waals surface area (Å²) in [6, 6.07) is 17.2. The Balaban J connectivity index is 1.76. The summed E-state index contributed by atoms with van der Waals surface area (Å²) in [4.78, 5) is 0.605. The maximum absolute atomic E-state index is 13.6. The van der Waals surface area contributed by atoms with E-state index in [1.807, 2.05) is 49.4 Å². The molecule has 0 amide bonds. The van der Waals surface area contributed by atoms with Crippen LogP contribution in [0.15, 0.2) is 59.5 Å². The molecule has 0 spiro atoms. The molecule has 7 nitrogen and oxygen atoms in total. The van der Waals surface area contributed by atoms with E-state index in [4.69, 9.17) is 18.5 Å². The summed E-state index contributed by atoms with van der Waals surface area (Å²) in [5.41, 5.74) is 2.03. The fourth-order valence-electron chi connectivity index (χ4n) is 3.84. The molecular formula is C24H34NO6PS. The first-order chi connectivity index (χ1) is 15.9. The molecule has 3 rings (SSSR count). The van der Waals surface area contributed by atoms with Crippen molar-refractivity contribution in [2.45, 2.75) is 56.5 Å². The molecule has 1 saturated heterocycles. The standard InChI is InChI=1S/C24H34NO6PS/c1-4-30-32(26,31-5-2)23(25-33(27)22-15-13-20(3)14-16-22)12-9-17-24(28-18-19-29-24)21-10-7-6-8-11-21/h6-8,10-11,13-16,23,25H,4-5,9,12,17-19H2,1-3H3/t23-,33+/m1/s1. The van der Waals surface area contributed by atoms with E-state index in [0.29, 0.717) is 37.4 Å². The zero-order chi connectivity index (χ0) is 23.7. The van der Waals surface area contributed by atoms with E-state index in [2.05, 4.69) is 4.72 Å². The molecule has 0 aromatic heterocycles. The average molecular weight is 496 g/mol. The van der Waals surface area contributed by atoms with Crippen molar-refractivity contribution in [2.24, 2.45) is 0 Å². The van der Waals surface area contributed by atoms with Gasteiger partial charge in [-0.3, -0.25) is 4.57 Å². The Kier molecular flexibility index (Phi) is 9.82. The molecule has 182 valence electrons. The third-order valence-electron chi connectivity index (χ3n) is 5.43. The van der Waals surface area contributed by atoms with Crippen molar-refractivity contribution in [2.75, 3.05) is 26.4 Å². The van der Waals surface area contributed by atoms with Gasteiger partial charge in [0.2, 0.25) is 0 Å². The number of nitrogens with one attached hydrogen (secondary N) is 1. The van der Waals surface area contributed by atoms with Crippen LogP contribution in [-0.2, 0) is 39.9 Å². The fraction of sp³-hybridized carbons (Fsp3) is 0.500. The van der Waals surface area contributed by atoms with Gasteiger partial charge in [0.05, 0.1) is 31.3 Å². The molecule has 0 radical (unpaired) electrons. The van der Waals surface area contributed by atoms with Gasteiger partial charge < -0.3 is 18.5 Å². The van der Waals surface area contributed by atoms with Crippen LogP contribution in [0.4, 0.5) is 0 Å². The lowest BCUT2D eigenvalue weighted by Gasteiger charge is -2.30. The minimum Gasteiger partial charge on any atom is -0.343 e. The summed E-state index contributed by atoms with van der Waals surface area (Å²) >= 11 is 0. The van der Waals surface area contributed by atoms with Crippen molar-refractivity contribution >= 4 is 18.6 Å². The van der Waals surface area contributed by atoms with E-state index in [0.717, 1.165) is 11.1 Å². The van der Waals surface area contributed by atoms with Crippen molar-refractivity contribution in [3.8, 4) is 0 Å². The quantitative estimate of drug-likeness (QED) is 0.381. The SMILES string of the molecule is CCOP(=O)(OCC)[C@H](CCCC1(c2ccccc2)OCCO1)N[S@@](=O)c1ccc(C)cc1. The summed E-state index contributed by atoms with van der Waals surface area (Å²) in [6.07, 6.45) is 1.57. The third kappa shape index (κ3) is 6.83. The van der Waals surface area contributed by atoms with Crippen molar-refractivity contribution in [1.82, 2.24) is 4.72 Å². The first-order valence-corrected chi connectivity index (χ1v) is 14.2. The van der Waals surface area contributed by atoms with Crippen molar-refractivity contribution in [1.29, 1.82) is 0 Å². The summed E-state index contributed by atoms with van der Waals surface area (Å²) in [5, 5.41) is 0. The Labute approximate surface area is 199 Å². The number of hydrogen-bond donors (Lipinski definition) is 1. The molecule has 1 fully saturated rings. The van der Waals surface area contributed by atoms with Crippen LogP contribution in [0.2, 0.25) is 0 Å². The zero-order valence-corrected chi connectivity index (χ0v) is 21.2. The van der Waals surface area contributed by atoms with Gasteiger partial charge in [0.15, 0.2) is 5.79 Å². The Hall–Kier alpha value is -1.38. The molecular weight excluding hydrogens is 461 g/mol. The number of aryl methyl sites for hydroxylation is 1. The van der Waals surface area contributed by atoms with Crippen LogP contribution in [0.1, 0.15) is 44.2 Å². The molecule has 1 aliphatic rings. The van der Waals surface area contributed by atoms with Gasteiger partial charge in [0, 0.05) is 12.0 Å². The van der Waals surface area contributed by atoms with E-state index >= 15 is 0 Å². The van der Waals surface area contributed by atoms with Gasteiger partial charge in [-0.15, -0.1) is 0 Å². The molecule has 0 aliphatic carbocycles. The minimum atomic E-state index is -3.55. The lowest BCUT2D eigenvalue weighted by Crippen LogP contribution is -2.33. The molecule has 0 saturated carbocycles. The van der Waals surface area contributed by atoms with Gasteiger partial charge in [-0.1, -0.05) is 48.0 Å². The van der Waals surface area contributed by atoms with Crippen LogP contribution < -0.4 is 4.72 Å². The van der Waals surface area contributed by atoms with Crippen LogP contribution in [0.3, 0.4) is 0 Å². The monoisotopic (exact) mass is 495 g/mol. The maximum atomic E-state index is 13.6. The molecule has 1 N–H and O–H groups in total. The molecule has 1 heterocycles. The molecule has 33 heavy (non-hydrogen) atoms. The highest BCUT2D eigenvalue weighted by Gasteiger charge is 2.40. The van der Waals surface area contributed by atoms with E-state index in [1.165, 1.54) is 0 Å². The zero-order valence-electron chi connectivity index (χ0n) is 19.5. The van der Waals surface area contributed by atoms with Crippen LogP contribution >= 0.6 is 7.60 Å². The third-order valence-corrected chi connectivity index (χ3v) is 9.19. The number of benzene rings is 2. The van der Waals surface area contributed by atoms with Gasteiger partial charge in [0.1, 0.15) is 16.8 Å². The summed E-state index contributed by atoms with van der Waals surface area (Å²) < 4.78 is 52.9. The van der Waals surface area contributed by atoms with Crippen molar-refractivity contribution in [3.63, 3.8) is 0 Å². The van der Waals surface area contributed by atoms with E-state index in [1.54, 1.807) is 26.0 Å². The smallest absolute Gasteiger partial charge is 0.343 e. The molecule has 2 atom stereocenters. The topological polar surface area (TPSA) is 83.1 Å². The maximum Gasteiger partial charge on any atom is 0.348 e. The van der Waals surface area contributed by atoms with Crippen LogP contribution in [-0.4, -0.2) is 36.4 Å². The average Bonchev–Trinajstić information content (AvgIpc) is 3.30.